The summed E-state index contributed by atoms with van der Waals surface area (Å²) in [5.41, 5.74) is -0.970. The highest BCUT2D eigenvalue weighted by Crippen LogP contribution is 2.38. The third-order valence-corrected chi connectivity index (χ3v) is 4.68. The van der Waals surface area contributed by atoms with Gasteiger partial charge < -0.3 is 60.2 Å². The van der Waals surface area contributed by atoms with Crippen LogP contribution in [0.1, 0.15) is 20.7 Å². The van der Waals surface area contributed by atoms with E-state index in [0.29, 0.717) is 12.1 Å². The number of phenols is 6. The molecule has 0 aromatic heterocycles. The van der Waals surface area contributed by atoms with Gasteiger partial charge in [-0.2, -0.15) is 0 Å². The van der Waals surface area contributed by atoms with Crippen LogP contribution in [0.15, 0.2) is 24.3 Å². The first kappa shape index (κ1) is 23.7. The summed E-state index contributed by atoms with van der Waals surface area (Å²) in [6, 6.07) is 2.91. The topological polar surface area (TPSA) is 244 Å². The zero-order valence-corrected chi connectivity index (χ0v) is 16.3. The van der Waals surface area contributed by atoms with Crippen molar-refractivity contribution in [3.05, 3.63) is 35.4 Å². The predicted molar refractivity (Wildman–Crippen MR) is 100 cm³/mol. The molecule has 1 aliphatic heterocycles. The van der Waals surface area contributed by atoms with E-state index in [-0.39, 0.29) is 0 Å². The normalized spacial score (nSPS) is 24.4. The van der Waals surface area contributed by atoms with Crippen molar-refractivity contribution in [1.29, 1.82) is 0 Å². The van der Waals surface area contributed by atoms with Crippen molar-refractivity contribution in [3.8, 4) is 34.5 Å². The van der Waals surface area contributed by atoms with Crippen molar-refractivity contribution in [2.45, 2.75) is 24.3 Å². The van der Waals surface area contributed by atoms with Gasteiger partial charge >= 0.3 is 11.9 Å². The molecule has 14 nitrogen and oxygen atoms in total. The van der Waals surface area contributed by atoms with Crippen LogP contribution < -0.4 is 0 Å². The van der Waals surface area contributed by atoms with Crippen LogP contribution in [0, 0.1) is 0 Å². The molecule has 1 aliphatic rings. The minimum atomic E-state index is -3.06. The number of benzene rings is 2. The first-order valence-corrected chi connectivity index (χ1v) is 8.99. The Morgan fingerprint density at radius 1 is 0.818 bits per heavy atom. The highest BCUT2D eigenvalue weighted by molar-refractivity contribution is 5.92. The molecule has 178 valence electrons. The van der Waals surface area contributed by atoms with Crippen molar-refractivity contribution in [2.24, 2.45) is 0 Å². The average molecular weight is 470 g/mol. The summed E-state index contributed by atoms with van der Waals surface area (Å²) in [7, 11) is 0. The largest absolute Gasteiger partial charge is 0.504 e. The number of carbonyl (C=O) groups is 2. The van der Waals surface area contributed by atoms with E-state index >= 15 is 0 Å². The smallest absolute Gasteiger partial charge is 0.341 e. The van der Waals surface area contributed by atoms with Gasteiger partial charge in [0.05, 0.1) is 11.1 Å². The maximum absolute atomic E-state index is 12.2. The number of ether oxygens (including phenoxy) is 3. The summed E-state index contributed by atoms with van der Waals surface area (Å²) < 4.78 is 14.4. The maximum Gasteiger partial charge on any atom is 0.341 e. The van der Waals surface area contributed by atoms with E-state index in [4.69, 9.17) is 9.47 Å². The van der Waals surface area contributed by atoms with Crippen LogP contribution in [0.5, 0.6) is 34.5 Å². The Morgan fingerprint density at radius 3 is 1.70 bits per heavy atom. The summed E-state index contributed by atoms with van der Waals surface area (Å²) >= 11 is 0. The van der Waals surface area contributed by atoms with Gasteiger partial charge in [-0.15, -0.1) is 0 Å². The molecule has 0 saturated carbocycles. The third kappa shape index (κ3) is 4.35. The summed E-state index contributed by atoms with van der Waals surface area (Å²) in [6.07, 6.45) is -6.10. The average Bonchev–Trinajstić information content (AvgIpc) is 2.96. The third-order valence-electron chi connectivity index (χ3n) is 4.68. The Labute approximate surface area is 183 Å². The van der Waals surface area contributed by atoms with Gasteiger partial charge in [0.25, 0.3) is 5.79 Å². The number of aliphatic hydroxyl groups is 3. The zero-order valence-electron chi connectivity index (χ0n) is 16.3. The van der Waals surface area contributed by atoms with Crippen LogP contribution in [-0.4, -0.2) is 88.8 Å². The van der Waals surface area contributed by atoms with E-state index < -0.39 is 88.5 Å². The second-order valence-corrected chi connectivity index (χ2v) is 6.94. The molecule has 1 unspecified atom stereocenters. The van der Waals surface area contributed by atoms with Crippen molar-refractivity contribution in [3.63, 3.8) is 0 Å². The van der Waals surface area contributed by atoms with Crippen LogP contribution in [0.4, 0.5) is 0 Å². The van der Waals surface area contributed by atoms with Crippen LogP contribution in [-0.2, 0) is 14.2 Å². The number of carbonyl (C=O) groups excluding carboxylic acids is 2. The number of rotatable bonds is 5. The van der Waals surface area contributed by atoms with Crippen LogP contribution in [0.2, 0.25) is 0 Å². The Hall–Kier alpha value is -3.98. The fourth-order valence-corrected chi connectivity index (χ4v) is 2.88. The summed E-state index contributed by atoms with van der Waals surface area (Å²) in [6.45, 7) is -0.805. The maximum atomic E-state index is 12.2. The highest BCUT2D eigenvalue weighted by atomic mass is 16.7. The van der Waals surface area contributed by atoms with Gasteiger partial charge in [0.1, 0.15) is 12.7 Å². The molecule has 0 amide bonds. The number of phenolic OH excluding ortho intramolecular Hbond substituents is 6. The number of hydrogen-bond acceptors (Lipinski definition) is 14. The van der Waals surface area contributed by atoms with Gasteiger partial charge in [-0.1, -0.05) is 0 Å². The standard InChI is InChI=1S/C19H18O14/c20-8-1-6(2-9(21)13(8)24)16(27)31-5-12-15(26)19(30,18(29)32-12)33-17(28)7-3-10(22)14(25)11(23)4-7/h1-4,12,15,18,20-26,29-30H,5H2/t12-,15-,18?,19+/m1/s1. The second-order valence-electron chi connectivity index (χ2n) is 6.94. The molecular weight excluding hydrogens is 452 g/mol. The fraction of sp³-hybridized carbons (Fsp3) is 0.263. The predicted octanol–water partition coefficient (Wildman–Crippen LogP) is -1.30. The fourth-order valence-electron chi connectivity index (χ4n) is 2.88. The molecule has 1 heterocycles. The summed E-state index contributed by atoms with van der Waals surface area (Å²) in [5, 5.41) is 87.1. The SMILES string of the molecule is O=C(OC[C@H]1OC(O)[C@@](O)(OC(=O)c2cc(O)c(O)c(O)c2)[C@@H]1O)c1cc(O)c(O)c(O)c1. The molecular formula is C19H18O14. The molecule has 14 heteroatoms. The first-order chi connectivity index (χ1) is 15.3. The summed E-state index contributed by atoms with van der Waals surface area (Å²) in [4.78, 5) is 24.3. The Kier molecular flexibility index (Phi) is 6.11. The molecule has 1 saturated heterocycles. The summed E-state index contributed by atoms with van der Waals surface area (Å²) in [5.74, 6) is -10.9. The van der Waals surface area contributed by atoms with Crippen molar-refractivity contribution in [1.82, 2.24) is 0 Å². The quantitative estimate of drug-likeness (QED) is 0.140. The molecule has 2 aromatic rings. The van der Waals surface area contributed by atoms with E-state index in [1.807, 2.05) is 0 Å². The molecule has 3 rings (SSSR count). The molecule has 0 bridgehead atoms. The van der Waals surface area contributed by atoms with Gasteiger partial charge in [-0.05, 0) is 24.3 Å². The van der Waals surface area contributed by atoms with Gasteiger partial charge in [-0.3, -0.25) is 0 Å². The minimum Gasteiger partial charge on any atom is -0.504 e. The van der Waals surface area contributed by atoms with Crippen molar-refractivity contribution in [2.75, 3.05) is 6.61 Å². The van der Waals surface area contributed by atoms with Crippen molar-refractivity contribution >= 4 is 11.9 Å². The van der Waals surface area contributed by atoms with E-state index in [1.54, 1.807) is 0 Å². The Morgan fingerprint density at radius 2 is 1.24 bits per heavy atom. The molecule has 0 aliphatic carbocycles. The van der Waals surface area contributed by atoms with Gasteiger partial charge in [0.2, 0.25) is 6.29 Å². The number of esters is 2. The first-order valence-electron chi connectivity index (χ1n) is 8.99. The molecule has 9 N–H and O–H groups in total. The number of aromatic hydroxyl groups is 6. The Balaban J connectivity index is 1.69. The lowest BCUT2D eigenvalue weighted by atomic mass is 10.1. The van der Waals surface area contributed by atoms with E-state index in [1.165, 1.54) is 0 Å². The molecule has 2 aromatic carbocycles. The van der Waals surface area contributed by atoms with E-state index in [9.17, 15) is 55.5 Å². The molecule has 33 heavy (non-hydrogen) atoms. The van der Waals surface area contributed by atoms with Gasteiger partial charge in [-0.25, -0.2) is 9.59 Å². The zero-order chi connectivity index (χ0) is 24.7. The lowest BCUT2D eigenvalue weighted by Crippen LogP contribution is -2.52. The molecule has 1 fully saturated rings. The van der Waals surface area contributed by atoms with Gasteiger partial charge in [0, 0.05) is 0 Å². The monoisotopic (exact) mass is 470 g/mol. The van der Waals surface area contributed by atoms with Gasteiger partial charge in [0.15, 0.2) is 40.6 Å². The lowest BCUT2D eigenvalue weighted by molar-refractivity contribution is -0.279. The molecule has 0 radical (unpaired) electrons. The minimum absolute atomic E-state index is 0.399. The molecule has 4 atom stereocenters. The van der Waals surface area contributed by atoms with E-state index in [2.05, 4.69) is 4.74 Å². The number of hydrogen-bond donors (Lipinski definition) is 9. The lowest BCUT2D eigenvalue weighted by Gasteiger charge is -2.27. The van der Waals surface area contributed by atoms with Crippen LogP contribution >= 0.6 is 0 Å². The second kappa shape index (κ2) is 8.51. The number of aliphatic hydroxyl groups excluding tert-OH is 2. The van der Waals surface area contributed by atoms with Crippen molar-refractivity contribution < 1.29 is 69.8 Å². The van der Waals surface area contributed by atoms with Crippen LogP contribution in [0.25, 0.3) is 0 Å². The Bertz CT molecular complexity index is 1050. The highest BCUT2D eigenvalue weighted by Gasteiger charge is 2.59. The van der Waals surface area contributed by atoms with E-state index in [0.717, 1.165) is 12.1 Å². The molecule has 0 spiro atoms. The van der Waals surface area contributed by atoms with Crippen LogP contribution in [0.3, 0.4) is 0 Å².